The monoisotopic (exact) mass is 439 g/mol. The van der Waals surface area contributed by atoms with Crippen LogP contribution in [0.25, 0.3) is 16.9 Å². The normalized spacial score (nSPS) is 10.8. The fraction of sp³-hybridized carbons (Fsp3) is 0.0435. The number of hydrogen-bond donors (Lipinski definition) is 1. The van der Waals surface area contributed by atoms with E-state index in [2.05, 4.69) is 10.6 Å². The molecule has 1 aromatic heterocycles. The molecule has 3 aromatic carbocycles. The molecule has 1 N–H and O–H groups in total. The highest BCUT2D eigenvalue weighted by Gasteiger charge is 2.25. The molecule has 0 bridgehead atoms. The Morgan fingerprint density at radius 3 is 2.39 bits per heavy atom. The number of rotatable bonds is 6. The van der Waals surface area contributed by atoms with E-state index in [4.69, 9.17) is 16.4 Å². The smallest absolute Gasteiger partial charge is 0.269 e. The van der Waals surface area contributed by atoms with Gasteiger partial charge in [-0.1, -0.05) is 72.3 Å². The first kappa shape index (κ1) is 20.7. The fourth-order valence-electron chi connectivity index (χ4n) is 3.02. The highest BCUT2D eigenvalue weighted by molar-refractivity contribution is 6.36. The van der Waals surface area contributed by atoms with Crippen molar-refractivity contribution in [1.82, 2.24) is 15.3 Å². The molecule has 0 fully saturated rings. The van der Waals surface area contributed by atoms with Gasteiger partial charge < -0.3 is 0 Å². The van der Waals surface area contributed by atoms with Crippen LogP contribution in [0.2, 0.25) is 5.02 Å². The number of carbonyl (C=O) groups excluding carboxylic acids is 1. The lowest BCUT2D eigenvalue weighted by atomic mass is 10.1. The Morgan fingerprint density at radius 2 is 1.68 bits per heavy atom. The molecule has 4 rings (SSSR count). The topological polar surface area (TPSA) is 56.1 Å². The zero-order valence-electron chi connectivity index (χ0n) is 16.1. The van der Waals surface area contributed by atoms with Crippen LogP contribution < -0.4 is 5.48 Å². The SMILES string of the molecule is O=C(NOCc1ccccc1)c1nn(-c2cc(F)ccc2F)c(-c2ccccc2)c1Cl. The molecule has 1 heterocycles. The van der Waals surface area contributed by atoms with Crippen molar-refractivity contribution in [1.29, 1.82) is 0 Å². The average molecular weight is 440 g/mol. The number of aromatic nitrogens is 2. The van der Waals surface area contributed by atoms with Crippen molar-refractivity contribution in [2.24, 2.45) is 0 Å². The van der Waals surface area contributed by atoms with Crippen molar-refractivity contribution in [2.75, 3.05) is 0 Å². The Hall–Kier alpha value is -3.55. The number of nitrogens with one attached hydrogen (secondary N) is 1. The predicted molar refractivity (Wildman–Crippen MR) is 113 cm³/mol. The molecule has 0 saturated heterocycles. The molecule has 0 radical (unpaired) electrons. The number of carbonyl (C=O) groups is 1. The minimum atomic E-state index is -0.718. The van der Waals surface area contributed by atoms with E-state index in [9.17, 15) is 13.6 Å². The highest BCUT2D eigenvalue weighted by Crippen LogP contribution is 2.34. The summed E-state index contributed by atoms with van der Waals surface area (Å²) < 4.78 is 29.4. The summed E-state index contributed by atoms with van der Waals surface area (Å²) in [6.45, 7) is 0.134. The van der Waals surface area contributed by atoms with Gasteiger partial charge in [0.2, 0.25) is 0 Å². The van der Waals surface area contributed by atoms with Gasteiger partial charge >= 0.3 is 0 Å². The van der Waals surface area contributed by atoms with Crippen LogP contribution in [0, 0.1) is 11.6 Å². The van der Waals surface area contributed by atoms with Crippen molar-refractivity contribution in [2.45, 2.75) is 6.61 Å². The van der Waals surface area contributed by atoms with Gasteiger partial charge in [-0.2, -0.15) is 5.10 Å². The maximum Gasteiger partial charge on any atom is 0.296 e. The Balaban J connectivity index is 1.70. The third kappa shape index (κ3) is 4.47. The van der Waals surface area contributed by atoms with E-state index >= 15 is 0 Å². The van der Waals surface area contributed by atoms with Crippen molar-refractivity contribution < 1.29 is 18.4 Å². The second kappa shape index (κ2) is 9.07. The van der Waals surface area contributed by atoms with Crippen LogP contribution in [0.5, 0.6) is 0 Å². The number of benzene rings is 3. The van der Waals surface area contributed by atoms with Gasteiger partial charge in [-0.25, -0.2) is 18.9 Å². The quantitative estimate of drug-likeness (QED) is 0.413. The first-order valence-corrected chi connectivity index (χ1v) is 9.68. The number of hydroxylamine groups is 1. The summed E-state index contributed by atoms with van der Waals surface area (Å²) in [5.41, 5.74) is 3.61. The molecular weight excluding hydrogens is 424 g/mol. The van der Waals surface area contributed by atoms with E-state index in [-0.39, 0.29) is 28.7 Å². The number of nitrogens with zero attached hydrogens (tertiary/aromatic N) is 2. The second-order valence-corrected chi connectivity index (χ2v) is 6.97. The van der Waals surface area contributed by atoms with Gasteiger partial charge in [0, 0.05) is 11.6 Å². The number of hydrogen-bond acceptors (Lipinski definition) is 3. The maximum absolute atomic E-state index is 14.5. The highest BCUT2D eigenvalue weighted by atomic mass is 35.5. The molecule has 8 heteroatoms. The summed E-state index contributed by atoms with van der Waals surface area (Å²) in [6.07, 6.45) is 0. The lowest BCUT2D eigenvalue weighted by Crippen LogP contribution is -2.24. The largest absolute Gasteiger partial charge is 0.296 e. The van der Waals surface area contributed by atoms with Crippen molar-refractivity contribution >= 4 is 17.5 Å². The fourth-order valence-corrected chi connectivity index (χ4v) is 3.33. The first-order chi connectivity index (χ1) is 15.0. The van der Waals surface area contributed by atoms with Crippen LogP contribution in [-0.4, -0.2) is 15.7 Å². The minimum absolute atomic E-state index is 0.0179. The molecule has 0 aliphatic rings. The molecule has 0 saturated carbocycles. The second-order valence-electron chi connectivity index (χ2n) is 6.59. The predicted octanol–water partition coefficient (Wildman–Crippen LogP) is 5.33. The molecule has 0 aliphatic heterocycles. The lowest BCUT2D eigenvalue weighted by molar-refractivity contribution is 0.0229. The van der Waals surface area contributed by atoms with Crippen LogP contribution in [0.1, 0.15) is 16.1 Å². The van der Waals surface area contributed by atoms with E-state index in [0.29, 0.717) is 5.56 Å². The maximum atomic E-state index is 14.5. The van der Waals surface area contributed by atoms with Gasteiger partial charge in [0.15, 0.2) is 5.69 Å². The zero-order valence-corrected chi connectivity index (χ0v) is 16.8. The van der Waals surface area contributed by atoms with Gasteiger partial charge in [0.25, 0.3) is 5.91 Å². The molecular formula is C23H16ClF2N3O2. The van der Waals surface area contributed by atoms with E-state index in [0.717, 1.165) is 28.4 Å². The molecule has 0 spiro atoms. The Bertz CT molecular complexity index is 1210. The van der Waals surface area contributed by atoms with Gasteiger partial charge in [-0.15, -0.1) is 0 Å². The van der Waals surface area contributed by atoms with Crippen LogP contribution in [0.4, 0.5) is 8.78 Å². The summed E-state index contributed by atoms with van der Waals surface area (Å²) in [6, 6.07) is 21.0. The number of amides is 1. The molecule has 0 atom stereocenters. The molecule has 5 nitrogen and oxygen atoms in total. The summed E-state index contributed by atoms with van der Waals surface area (Å²) in [4.78, 5) is 17.9. The lowest BCUT2D eigenvalue weighted by Gasteiger charge is -2.09. The van der Waals surface area contributed by atoms with E-state index in [1.165, 1.54) is 0 Å². The van der Waals surface area contributed by atoms with Crippen LogP contribution in [0.15, 0.2) is 78.9 Å². The van der Waals surface area contributed by atoms with Gasteiger partial charge in [-0.3, -0.25) is 9.63 Å². The summed E-state index contributed by atoms with van der Waals surface area (Å²) in [7, 11) is 0. The molecule has 31 heavy (non-hydrogen) atoms. The van der Waals surface area contributed by atoms with E-state index < -0.39 is 17.5 Å². The standard InChI is InChI=1S/C23H16ClF2N3O2/c24-20-21(23(30)28-31-14-15-7-3-1-4-8-15)27-29(19-13-17(25)11-12-18(19)26)22(20)16-9-5-2-6-10-16/h1-13H,14H2,(H,28,30). The third-order valence-electron chi connectivity index (χ3n) is 4.47. The van der Waals surface area contributed by atoms with Crippen molar-refractivity contribution in [3.05, 3.63) is 107 Å². The van der Waals surface area contributed by atoms with E-state index in [1.54, 1.807) is 30.3 Å². The Kier molecular flexibility index (Phi) is 6.06. The molecule has 4 aromatic rings. The third-order valence-corrected chi connectivity index (χ3v) is 4.83. The zero-order chi connectivity index (χ0) is 21.8. The summed E-state index contributed by atoms with van der Waals surface area (Å²) >= 11 is 6.48. The summed E-state index contributed by atoms with van der Waals surface area (Å²) in [5, 5.41) is 4.15. The van der Waals surface area contributed by atoms with Crippen molar-refractivity contribution in [3.8, 4) is 16.9 Å². The molecule has 0 aliphatic carbocycles. The van der Waals surface area contributed by atoms with E-state index in [1.807, 2.05) is 30.3 Å². The summed E-state index contributed by atoms with van der Waals surface area (Å²) in [5.74, 6) is -2.09. The first-order valence-electron chi connectivity index (χ1n) is 9.30. The Morgan fingerprint density at radius 1 is 1.00 bits per heavy atom. The minimum Gasteiger partial charge on any atom is -0.269 e. The Labute approximate surface area is 181 Å². The van der Waals surface area contributed by atoms with Crippen molar-refractivity contribution in [3.63, 3.8) is 0 Å². The van der Waals surface area contributed by atoms with Crippen LogP contribution in [-0.2, 0) is 11.4 Å². The van der Waals surface area contributed by atoms with Crippen LogP contribution >= 0.6 is 11.6 Å². The van der Waals surface area contributed by atoms with Crippen LogP contribution in [0.3, 0.4) is 0 Å². The van der Waals surface area contributed by atoms with Gasteiger partial charge in [0.1, 0.15) is 22.3 Å². The van der Waals surface area contributed by atoms with Gasteiger partial charge in [-0.05, 0) is 17.7 Å². The molecule has 156 valence electrons. The van der Waals surface area contributed by atoms with Gasteiger partial charge in [0.05, 0.1) is 12.3 Å². The average Bonchev–Trinajstić information content (AvgIpc) is 3.13. The molecule has 0 unspecified atom stereocenters. The molecule has 1 amide bonds. The number of halogens is 3.